The summed E-state index contributed by atoms with van der Waals surface area (Å²) < 4.78 is 6.11. The van der Waals surface area contributed by atoms with Gasteiger partial charge in [0.15, 0.2) is 0 Å². The molecule has 0 unspecified atom stereocenters. The molecule has 0 bridgehead atoms. The molecule has 2 aromatic heterocycles. The first-order chi connectivity index (χ1) is 15.7. The van der Waals surface area contributed by atoms with E-state index in [1.807, 2.05) is 30.6 Å². The van der Waals surface area contributed by atoms with Crippen molar-refractivity contribution in [3.05, 3.63) is 60.9 Å². The van der Waals surface area contributed by atoms with Gasteiger partial charge in [0.1, 0.15) is 11.3 Å². The summed E-state index contributed by atoms with van der Waals surface area (Å²) >= 11 is 0. The molecule has 1 amide bonds. The number of nitrogens with one attached hydrogen (secondary N) is 2. The molecule has 4 aromatic rings. The van der Waals surface area contributed by atoms with E-state index in [1.54, 1.807) is 6.92 Å². The van der Waals surface area contributed by atoms with Crippen LogP contribution in [0.15, 0.2) is 65.3 Å². The molecule has 5 rings (SSSR count). The van der Waals surface area contributed by atoms with Crippen LogP contribution in [-0.2, 0) is 4.79 Å². The molecule has 2 aromatic carbocycles. The normalized spacial score (nSPS) is 18.7. The maximum atomic E-state index is 11.2. The number of furan rings is 1. The summed E-state index contributed by atoms with van der Waals surface area (Å²) in [6, 6.07) is 17.0. The smallest absolute Gasteiger partial charge is 0.217 e. The van der Waals surface area contributed by atoms with E-state index in [9.17, 15) is 4.79 Å². The zero-order valence-corrected chi connectivity index (χ0v) is 18.4. The number of amides is 1. The molecule has 5 nitrogen and oxygen atoms in total. The molecule has 2 heterocycles. The van der Waals surface area contributed by atoms with Gasteiger partial charge in [0.2, 0.25) is 5.91 Å². The molecular weight excluding hydrogens is 398 g/mol. The van der Waals surface area contributed by atoms with E-state index in [0.717, 1.165) is 70.5 Å². The Morgan fingerprint density at radius 2 is 1.88 bits per heavy atom. The Balaban J connectivity index is 1.27. The molecule has 1 aliphatic carbocycles. The van der Waals surface area contributed by atoms with Crippen molar-refractivity contribution in [1.29, 1.82) is 0 Å². The first-order valence-corrected chi connectivity index (χ1v) is 11.5. The summed E-state index contributed by atoms with van der Waals surface area (Å²) in [5, 5.41) is 10.0. The van der Waals surface area contributed by atoms with Gasteiger partial charge < -0.3 is 15.1 Å². The average molecular weight is 428 g/mol. The van der Waals surface area contributed by atoms with Crippen molar-refractivity contribution >= 4 is 33.3 Å². The van der Waals surface area contributed by atoms with E-state index in [0.29, 0.717) is 6.04 Å². The molecule has 0 spiro atoms. The van der Waals surface area contributed by atoms with Crippen molar-refractivity contribution in [1.82, 2.24) is 10.3 Å². The first kappa shape index (κ1) is 20.6. The molecule has 0 radical (unpaired) electrons. The number of nitrogens with zero attached hydrogens (tertiary/aromatic N) is 1. The van der Waals surface area contributed by atoms with Crippen molar-refractivity contribution < 1.29 is 9.21 Å². The molecule has 0 aliphatic heterocycles. The summed E-state index contributed by atoms with van der Waals surface area (Å²) in [6.45, 7) is 2.56. The summed E-state index contributed by atoms with van der Waals surface area (Å²) in [6.07, 6.45) is 9.49. The number of rotatable bonds is 6. The molecule has 2 N–H and O–H groups in total. The monoisotopic (exact) mass is 427 g/mol. The quantitative estimate of drug-likeness (QED) is 0.388. The third-order valence-corrected chi connectivity index (χ3v) is 6.59. The lowest BCUT2D eigenvalue weighted by molar-refractivity contribution is -0.119. The lowest BCUT2D eigenvalue weighted by Gasteiger charge is -2.29. The lowest BCUT2D eigenvalue weighted by atomic mass is 9.84. The predicted molar refractivity (Wildman–Crippen MR) is 130 cm³/mol. The Bertz CT molecular complexity index is 1210. The number of hydrogen-bond acceptors (Lipinski definition) is 4. The van der Waals surface area contributed by atoms with Gasteiger partial charge in [0, 0.05) is 53.9 Å². The Morgan fingerprint density at radius 1 is 1.03 bits per heavy atom. The zero-order chi connectivity index (χ0) is 21.9. The van der Waals surface area contributed by atoms with Crippen LogP contribution in [0.1, 0.15) is 39.0 Å². The predicted octanol–water partition coefficient (Wildman–Crippen LogP) is 6.14. The number of aromatic nitrogens is 1. The highest BCUT2D eigenvalue weighted by Gasteiger charge is 2.21. The van der Waals surface area contributed by atoms with Gasteiger partial charge in [0.05, 0.1) is 0 Å². The lowest BCUT2D eigenvalue weighted by Crippen LogP contribution is -2.36. The third kappa shape index (κ3) is 4.47. The molecular formula is C27H29N3O2. The van der Waals surface area contributed by atoms with Gasteiger partial charge in [-0.1, -0.05) is 24.3 Å². The second-order valence-corrected chi connectivity index (χ2v) is 8.91. The number of carbonyl (C=O) groups excluding carboxylic acids is 1. The third-order valence-electron chi connectivity index (χ3n) is 6.59. The largest absolute Gasteiger partial charge is 0.456 e. The number of pyridine rings is 1. The second kappa shape index (κ2) is 9.03. The Kier molecular flexibility index (Phi) is 5.80. The van der Waals surface area contributed by atoms with Crippen molar-refractivity contribution in [2.24, 2.45) is 5.92 Å². The van der Waals surface area contributed by atoms with Gasteiger partial charge in [-0.3, -0.25) is 9.78 Å². The van der Waals surface area contributed by atoms with E-state index >= 15 is 0 Å². The van der Waals surface area contributed by atoms with Gasteiger partial charge in [-0.15, -0.1) is 0 Å². The van der Waals surface area contributed by atoms with Gasteiger partial charge in [0.25, 0.3) is 0 Å². The highest BCUT2D eigenvalue weighted by atomic mass is 16.3. The van der Waals surface area contributed by atoms with Crippen molar-refractivity contribution in [2.75, 3.05) is 11.9 Å². The average Bonchev–Trinajstić information content (AvgIpc) is 3.23. The topological polar surface area (TPSA) is 67.2 Å². The highest BCUT2D eigenvalue weighted by Crippen LogP contribution is 2.33. The minimum absolute atomic E-state index is 0.0867. The standard InChI is InChI=1S/C27H29N3O2/c1-18(31)30-22-9-6-19(7-10-22)12-13-29-23-11-8-21-16-28-17-25(24(21)15-23)27-14-20-4-2-3-5-26(20)32-27/h2-5,8,11,14-17,19,22,29H,6-7,9-10,12-13H2,1H3,(H,30,31). The Labute approximate surface area is 188 Å². The molecule has 1 fully saturated rings. The van der Waals surface area contributed by atoms with Crippen LogP contribution in [0.5, 0.6) is 0 Å². The maximum absolute atomic E-state index is 11.2. The molecule has 164 valence electrons. The molecule has 1 aliphatic rings. The number of anilines is 1. The molecule has 0 atom stereocenters. The molecule has 32 heavy (non-hydrogen) atoms. The van der Waals surface area contributed by atoms with Gasteiger partial charge >= 0.3 is 0 Å². The van der Waals surface area contributed by atoms with E-state index in [1.165, 1.54) is 12.8 Å². The summed E-state index contributed by atoms with van der Waals surface area (Å²) in [5.74, 6) is 1.66. The van der Waals surface area contributed by atoms with E-state index in [4.69, 9.17) is 4.42 Å². The number of hydrogen-bond donors (Lipinski definition) is 2. The van der Waals surface area contributed by atoms with Crippen LogP contribution in [0.25, 0.3) is 33.1 Å². The van der Waals surface area contributed by atoms with Gasteiger partial charge in [-0.05, 0) is 67.7 Å². The van der Waals surface area contributed by atoms with Crippen molar-refractivity contribution in [2.45, 2.75) is 45.1 Å². The van der Waals surface area contributed by atoms with Crippen LogP contribution in [0.3, 0.4) is 0 Å². The second-order valence-electron chi connectivity index (χ2n) is 8.91. The van der Waals surface area contributed by atoms with Crippen LogP contribution < -0.4 is 10.6 Å². The molecule has 5 heteroatoms. The fourth-order valence-electron chi connectivity index (χ4n) is 4.89. The first-order valence-electron chi connectivity index (χ1n) is 11.5. The summed E-state index contributed by atoms with van der Waals surface area (Å²) in [4.78, 5) is 15.7. The minimum Gasteiger partial charge on any atom is -0.456 e. The van der Waals surface area contributed by atoms with Crippen molar-refractivity contribution in [3.63, 3.8) is 0 Å². The summed E-state index contributed by atoms with van der Waals surface area (Å²) in [7, 11) is 0. The van der Waals surface area contributed by atoms with Crippen LogP contribution >= 0.6 is 0 Å². The van der Waals surface area contributed by atoms with E-state index in [-0.39, 0.29) is 5.91 Å². The fraction of sp³-hybridized carbons (Fsp3) is 0.333. The number of para-hydroxylation sites is 1. The van der Waals surface area contributed by atoms with Crippen molar-refractivity contribution in [3.8, 4) is 11.3 Å². The van der Waals surface area contributed by atoms with Crippen LogP contribution in [0.2, 0.25) is 0 Å². The number of fused-ring (bicyclic) bond motifs is 2. The van der Waals surface area contributed by atoms with Crippen LogP contribution in [-0.4, -0.2) is 23.5 Å². The van der Waals surface area contributed by atoms with Gasteiger partial charge in [-0.25, -0.2) is 0 Å². The van der Waals surface area contributed by atoms with Crippen LogP contribution in [0, 0.1) is 5.92 Å². The molecule has 1 saturated carbocycles. The highest BCUT2D eigenvalue weighted by molar-refractivity contribution is 5.98. The van der Waals surface area contributed by atoms with E-state index in [2.05, 4.69) is 45.9 Å². The fourth-order valence-corrected chi connectivity index (χ4v) is 4.89. The summed E-state index contributed by atoms with van der Waals surface area (Å²) in [5.41, 5.74) is 3.02. The molecule has 0 saturated heterocycles. The number of carbonyl (C=O) groups is 1. The Morgan fingerprint density at radius 3 is 2.69 bits per heavy atom. The Hall–Kier alpha value is -3.34. The SMILES string of the molecule is CC(=O)NC1CCC(CCNc2ccc3cncc(-c4cc5ccccc5o4)c3c2)CC1. The minimum atomic E-state index is 0.0867. The van der Waals surface area contributed by atoms with Crippen LogP contribution in [0.4, 0.5) is 5.69 Å². The van der Waals surface area contributed by atoms with E-state index < -0.39 is 0 Å². The maximum Gasteiger partial charge on any atom is 0.217 e. The number of benzene rings is 2. The van der Waals surface area contributed by atoms with Gasteiger partial charge in [-0.2, -0.15) is 0 Å². The zero-order valence-electron chi connectivity index (χ0n) is 18.4.